The van der Waals surface area contributed by atoms with Crippen LogP contribution >= 0.6 is 11.3 Å². The second kappa shape index (κ2) is 5.88. The highest BCUT2D eigenvalue weighted by atomic mass is 32.1. The number of nitrogens with one attached hydrogen (secondary N) is 1. The molecule has 0 saturated heterocycles. The first kappa shape index (κ1) is 14.3. The Balaban J connectivity index is 2.32. The fourth-order valence-corrected chi connectivity index (χ4v) is 3.20. The van der Waals surface area contributed by atoms with Gasteiger partial charge in [-0.1, -0.05) is 27.7 Å². The summed E-state index contributed by atoms with van der Waals surface area (Å²) in [5.41, 5.74) is 2.32. The fourth-order valence-electron chi connectivity index (χ4n) is 1.96. The lowest BCUT2D eigenvalue weighted by Gasteiger charge is -2.09. The predicted octanol–water partition coefficient (Wildman–Crippen LogP) is 4.33. The molecule has 0 amide bonds. The molecule has 0 aliphatic rings. The SMILES string of the molecule is Cc1occc1-c1nc(C(C)C)c(CNC(C)C)s1. The van der Waals surface area contributed by atoms with E-state index in [1.54, 1.807) is 17.6 Å². The van der Waals surface area contributed by atoms with Crippen molar-refractivity contribution in [3.63, 3.8) is 0 Å². The van der Waals surface area contributed by atoms with Crippen LogP contribution in [-0.4, -0.2) is 11.0 Å². The van der Waals surface area contributed by atoms with Crippen molar-refractivity contribution < 1.29 is 4.42 Å². The molecule has 104 valence electrons. The summed E-state index contributed by atoms with van der Waals surface area (Å²) < 4.78 is 5.38. The molecule has 2 rings (SSSR count). The first-order valence-corrected chi connectivity index (χ1v) is 7.58. The molecule has 0 radical (unpaired) electrons. The lowest BCUT2D eigenvalue weighted by atomic mass is 10.1. The van der Waals surface area contributed by atoms with E-state index in [0.717, 1.165) is 22.9 Å². The molecule has 1 N–H and O–H groups in total. The molecule has 4 heteroatoms. The molecular formula is C15H22N2OS. The maximum absolute atomic E-state index is 5.38. The van der Waals surface area contributed by atoms with Gasteiger partial charge in [-0.2, -0.15) is 0 Å². The normalized spacial score (nSPS) is 11.7. The molecule has 0 saturated carbocycles. The average Bonchev–Trinajstić information content (AvgIpc) is 2.91. The number of furan rings is 1. The number of nitrogens with zero attached hydrogens (tertiary/aromatic N) is 1. The zero-order valence-electron chi connectivity index (χ0n) is 12.3. The Labute approximate surface area is 119 Å². The van der Waals surface area contributed by atoms with Crippen molar-refractivity contribution in [2.45, 2.75) is 53.1 Å². The highest BCUT2D eigenvalue weighted by Crippen LogP contribution is 2.33. The van der Waals surface area contributed by atoms with Crippen molar-refractivity contribution in [2.24, 2.45) is 0 Å². The molecule has 0 aliphatic carbocycles. The van der Waals surface area contributed by atoms with E-state index in [2.05, 4.69) is 33.0 Å². The third kappa shape index (κ3) is 3.25. The number of aryl methyl sites for hydroxylation is 1. The quantitative estimate of drug-likeness (QED) is 0.884. The fraction of sp³-hybridized carbons (Fsp3) is 0.533. The highest BCUT2D eigenvalue weighted by molar-refractivity contribution is 7.15. The second-order valence-corrected chi connectivity index (χ2v) is 6.49. The summed E-state index contributed by atoms with van der Waals surface area (Å²) in [6, 6.07) is 2.49. The molecule has 2 aromatic heterocycles. The van der Waals surface area contributed by atoms with Gasteiger partial charge in [0.1, 0.15) is 10.8 Å². The van der Waals surface area contributed by atoms with E-state index in [1.807, 2.05) is 13.0 Å². The van der Waals surface area contributed by atoms with Gasteiger partial charge >= 0.3 is 0 Å². The Morgan fingerprint density at radius 1 is 1.32 bits per heavy atom. The predicted molar refractivity (Wildman–Crippen MR) is 80.6 cm³/mol. The van der Waals surface area contributed by atoms with Crippen LogP contribution in [0.5, 0.6) is 0 Å². The van der Waals surface area contributed by atoms with Gasteiger partial charge in [-0.05, 0) is 18.9 Å². The first-order valence-electron chi connectivity index (χ1n) is 6.76. The van der Waals surface area contributed by atoms with Crippen LogP contribution in [0.1, 0.15) is 49.9 Å². The van der Waals surface area contributed by atoms with Crippen LogP contribution in [-0.2, 0) is 6.54 Å². The zero-order valence-corrected chi connectivity index (χ0v) is 13.1. The average molecular weight is 278 g/mol. The van der Waals surface area contributed by atoms with E-state index in [0.29, 0.717) is 12.0 Å². The smallest absolute Gasteiger partial charge is 0.127 e. The molecule has 0 spiro atoms. The maximum atomic E-state index is 5.38. The lowest BCUT2D eigenvalue weighted by molar-refractivity contribution is 0.535. The first-order chi connectivity index (χ1) is 8.99. The minimum atomic E-state index is 0.446. The van der Waals surface area contributed by atoms with Crippen molar-refractivity contribution in [1.82, 2.24) is 10.3 Å². The summed E-state index contributed by atoms with van der Waals surface area (Å²) >= 11 is 1.77. The van der Waals surface area contributed by atoms with Crippen LogP contribution in [0, 0.1) is 6.92 Å². The summed E-state index contributed by atoms with van der Waals surface area (Å²) in [6.45, 7) is 11.6. The molecular weight excluding hydrogens is 256 g/mol. The molecule has 0 atom stereocenters. The Kier molecular flexibility index (Phi) is 4.42. The van der Waals surface area contributed by atoms with Gasteiger partial charge in [0.2, 0.25) is 0 Å². The molecule has 2 heterocycles. The Morgan fingerprint density at radius 3 is 2.58 bits per heavy atom. The van der Waals surface area contributed by atoms with Crippen molar-refractivity contribution >= 4 is 11.3 Å². The van der Waals surface area contributed by atoms with E-state index in [4.69, 9.17) is 9.40 Å². The van der Waals surface area contributed by atoms with Gasteiger partial charge in [0, 0.05) is 17.5 Å². The maximum Gasteiger partial charge on any atom is 0.127 e. The minimum Gasteiger partial charge on any atom is -0.469 e. The highest BCUT2D eigenvalue weighted by Gasteiger charge is 2.17. The third-order valence-electron chi connectivity index (χ3n) is 3.03. The Bertz CT molecular complexity index is 540. The van der Waals surface area contributed by atoms with Crippen LogP contribution in [0.25, 0.3) is 10.6 Å². The van der Waals surface area contributed by atoms with Crippen LogP contribution in [0.15, 0.2) is 16.7 Å². The summed E-state index contributed by atoms with van der Waals surface area (Å²) in [5, 5.41) is 4.54. The van der Waals surface area contributed by atoms with Crippen molar-refractivity contribution in [2.75, 3.05) is 0 Å². The van der Waals surface area contributed by atoms with Gasteiger partial charge in [-0.3, -0.25) is 0 Å². The van der Waals surface area contributed by atoms with Crippen molar-refractivity contribution in [3.05, 3.63) is 28.7 Å². The Morgan fingerprint density at radius 2 is 2.05 bits per heavy atom. The molecule has 0 unspecified atom stereocenters. The van der Waals surface area contributed by atoms with Crippen LogP contribution < -0.4 is 5.32 Å². The van der Waals surface area contributed by atoms with E-state index in [9.17, 15) is 0 Å². The summed E-state index contributed by atoms with van der Waals surface area (Å²) in [7, 11) is 0. The van der Waals surface area contributed by atoms with E-state index >= 15 is 0 Å². The molecule has 0 aromatic carbocycles. The number of hydrogen-bond acceptors (Lipinski definition) is 4. The lowest BCUT2D eigenvalue weighted by Crippen LogP contribution is -2.22. The van der Waals surface area contributed by atoms with E-state index in [1.165, 1.54) is 10.6 Å². The number of hydrogen-bond donors (Lipinski definition) is 1. The topological polar surface area (TPSA) is 38.1 Å². The molecule has 0 fully saturated rings. The molecule has 3 nitrogen and oxygen atoms in total. The van der Waals surface area contributed by atoms with E-state index in [-0.39, 0.29) is 0 Å². The minimum absolute atomic E-state index is 0.446. The molecule has 19 heavy (non-hydrogen) atoms. The van der Waals surface area contributed by atoms with Gasteiger partial charge in [0.05, 0.1) is 17.5 Å². The van der Waals surface area contributed by atoms with Crippen molar-refractivity contribution in [1.29, 1.82) is 0 Å². The van der Waals surface area contributed by atoms with Gasteiger partial charge in [-0.25, -0.2) is 4.98 Å². The third-order valence-corrected chi connectivity index (χ3v) is 4.14. The van der Waals surface area contributed by atoms with Crippen molar-refractivity contribution in [3.8, 4) is 10.6 Å². The molecule has 2 aromatic rings. The van der Waals surface area contributed by atoms with Gasteiger partial charge < -0.3 is 9.73 Å². The zero-order chi connectivity index (χ0) is 14.0. The number of thiazole rings is 1. The summed E-state index contributed by atoms with van der Waals surface area (Å²) in [6.07, 6.45) is 1.73. The number of aromatic nitrogens is 1. The summed E-state index contributed by atoms with van der Waals surface area (Å²) in [5.74, 6) is 1.38. The Hall–Kier alpha value is -1.13. The molecule has 0 aliphatic heterocycles. The number of rotatable bonds is 5. The van der Waals surface area contributed by atoms with E-state index < -0.39 is 0 Å². The summed E-state index contributed by atoms with van der Waals surface area (Å²) in [4.78, 5) is 6.14. The second-order valence-electron chi connectivity index (χ2n) is 5.41. The molecule has 0 bridgehead atoms. The van der Waals surface area contributed by atoms with Gasteiger partial charge in [0.25, 0.3) is 0 Å². The van der Waals surface area contributed by atoms with Crippen LogP contribution in [0.3, 0.4) is 0 Å². The van der Waals surface area contributed by atoms with Gasteiger partial charge in [-0.15, -0.1) is 11.3 Å². The largest absolute Gasteiger partial charge is 0.469 e. The van der Waals surface area contributed by atoms with Crippen LogP contribution in [0.4, 0.5) is 0 Å². The standard InChI is InChI=1S/C15H22N2OS/c1-9(2)14-13(8-16-10(3)4)19-15(17-14)12-6-7-18-11(12)5/h6-7,9-10,16H,8H2,1-5H3. The monoisotopic (exact) mass is 278 g/mol. The van der Waals surface area contributed by atoms with Crippen LogP contribution in [0.2, 0.25) is 0 Å². The van der Waals surface area contributed by atoms with Gasteiger partial charge in [0.15, 0.2) is 0 Å².